The Morgan fingerprint density at radius 3 is 2.78 bits per heavy atom. The molecule has 1 heterocycles. The molecule has 3 N–H and O–H groups in total. The summed E-state index contributed by atoms with van der Waals surface area (Å²) in [5, 5.41) is 14.9. The van der Waals surface area contributed by atoms with Crippen LogP contribution < -0.4 is 16.2 Å². The van der Waals surface area contributed by atoms with E-state index in [0.29, 0.717) is 29.0 Å². The Balaban J connectivity index is 2.13. The van der Waals surface area contributed by atoms with Gasteiger partial charge in [0, 0.05) is 19.2 Å². The first-order chi connectivity index (χ1) is 13.0. The minimum atomic E-state index is -0.543. The van der Waals surface area contributed by atoms with Gasteiger partial charge >= 0.3 is 6.03 Å². The molecule has 8 nitrogen and oxygen atoms in total. The highest BCUT2D eigenvalue weighted by Crippen LogP contribution is 2.18. The molecule has 1 aromatic carbocycles. The number of amides is 3. The Morgan fingerprint density at radius 2 is 2.07 bits per heavy atom. The van der Waals surface area contributed by atoms with Crippen LogP contribution in [0.4, 0.5) is 4.79 Å². The highest BCUT2D eigenvalue weighted by atomic mass is 32.2. The van der Waals surface area contributed by atoms with Crippen molar-refractivity contribution < 1.29 is 14.7 Å². The summed E-state index contributed by atoms with van der Waals surface area (Å²) in [6, 6.07) is 6.40. The molecular formula is C18H24N4O4S. The number of urea groups is 1. The number of aromatic nitrogens is 2. The first kappa shape index (κ1) is 20.9. The molecule has 2 aromatic rings. The zero-order chi connectivity index (χ0) is 19.8. The highest BCUT2D eigenvalue weighted by molar-refractivity contribution is 7.99. The molecule has 27 heavy (non-hydrogen) atoms. The lowest BCUT2D eigenvalue weighted by Gasteiger charge is -2.13. The Kier molecular flexibility index (Phi) is 7.81. The predicted octanol–water partition coefficient (Wildman–Crippen LogP) is 1.50. The van der Waals surface area contributed by atoms with Gasteiger partial charge in [0.05, 0.1) is 16.7 Å². The van der Waals surface area contributed by atoms with Crippen molar-refractivity contribution in [3.8, 4) is 0 Å². The van der Waals surface area contributed by atoms with Crippen molar-refractivity contribution in [2.75, 3.05) is 12.4 Å². The van der Waals surface area contributed by atoms with E-state index >= 15 is 0 Å². The fraction of sp³-hybridized carbons (Fsp3) is 0.444. The summed E-state index contributed by atoms with van der Waals surface area (Å²) in [5.74, 6) is -0.533. The average Bonchev–Trinajstić information content (AvgIpc) is 2.65. The van der Waals surface area contributed by atoms with E-state index in [0.717, 1.165) is 18.2 Å². The summed E-state index contributed by atoms with van der Waals surface area (Å²) in [6.07, 6.45) is 1.16. The zero-order valence-electron chi connectivity index (χ0n) is 15.4. The van der Waals surface area contributed by atoms with Crippen molar-refractivity contribution in [3.05, 3.63) is 34.6 Å². The summed E-state index contributed by atoms with van der Waals surface area (Å²) >= 11 is 1.08. The first-order valence-electron chi connectivity index (χ1n) is 8.79. The zero-order valence-corrected chi connectivity index (χ0v) is 16.2. The van der Waals surface area contributed by atoms with E-state index in [-0.39, 0.29) is 24.0 Å². The molecule has 0 bridgehead atoms. The fourth-order valence-electron chi connectivity index (χ4n) is 2.34. The number of aliphatic hydroxyl groups is 1. The predicted molar refractivity (Wildman–Crippen MR) is 105 cm³/mol. The lowest BCUT2D eigenvalue weighted by Crippen LogP contribution is -2.44. The molecule has 0 aliphatic heterocycles. The number of carbonyl (C=O) groups is 2. The maximum absolute atomic E-state index is 12.7. The molecule has 0 radical (unpaired) electrons. The van der Waals surface area contributed by atoms with E-state index in [1.54, 1.807) is 24.3 Å². The molecule has 2 rings (SSSR count). The summed E-state index contributed by atoms with van der Waals surface area (Å²) in [5.41, 5.74) is 0.326. The fourth-order valence-corrected chi connectivity index (χ4v) is 3.16. The minimum Gasteiger partial charge on any atom is -0.396 e. The van der Waals surface area contributed by atoms with Crippen LogP contribution in [0.3, 0.4) is 0 Å². The molecule has 1 atom stereocenters. The normalized spacial score (nSPS) is 12.0. The monoisotopic (exact) mass is 392 g/mol. The highest BCUT2D eigenvalue weighted by Gasteiger charge is 2.15. The van der Waals surface area contributed by atoms with E-state index < -0.39 is 11.9 Å². The van der Waals surface area contributed by atoms with Crippen LogP contribution in [0.25, 0.3) is 10.9 Å². The smallest absolute Gasteiger partial charge is 0.321 e. The summed E-state index contributed by atoms with van der Waals surface area (Å²) in [6.45, 7) is 4.02. The van der Waals surface area contributed by atoms with Gasteiger partial charge in [0.25, 0.3) is 5.56 Å². The van der Waals surface area contributed by atoms with Crippen molar-refractivity contribution >= 4 is 34.6 Å². The second kappa shape index (κ2) is 10.1. The number of hydrogen-bond donors (Lipinski definition) is 3. The molecule has 1 aromatic heterocycles. The summed E-state index contributed by atoms with van der Waals surface area (Å²) in [7, 11) is 0. The largest absolute Gasteiger partial charge is 0.396 e. The molecule has 0 spiro atoms. The number of rotatable bonds is 8. The van der Waals surface area contributed by atoms with Crippen molar-refractivity contribution in [1.82, 2.24) is 20.2 Å². The molecule has 146 valence electrons. The number of thioether (sulfide) groups is 1. The molecule has 0 fully saturated rings. The van der Waals surface area contributed by atoms with Crippen LogP contribution in [-0.2, 0) is 11.3 Å². The van der Waals surface area contributed by atoms with Gasteiger partial charge in [-0.1, -0.05) is 30.8 Å². The van der Waals surface area contributed by atoms with Gasteiger partial charge in [-0.15, -0.1) is 0 Å². The van der Waals surface area contributed by atoms with Crippen molar-refractivity contribution in [2.45, 2.75) is 44.4 Å². The van der Waals surface area contributed by atoms with E-state index in [1.165, 1.54) is 4.57 Å². The van der Waals surface area contributed by atoms with Gasteiger partial charge in [0.15, 0.2) is 5.16 Å². The third kappa shape index (κ3) is 5.80. The van der Waals surface area contributed by atoms with Gasteiger partial charge in [0.1, 0.15) is 0 Å². The number of carbonyl (C=O) groups excluding carboxylic acids is 2. The third-order valence-corrected chi connectivity index (χ3v) is 4.92. The van der Waals surface area contributed by atoms with Gasteiger partial charge in [-0.3, -0.25) is 19.5 Å². The molecular weight excluding hydrogens is 368 g/mol. The lowest BCUT2D eigenvalue weighted by atomic mass is 10.2. The van der Waals surface area contributed by atoms with Gasteiger partial charge in [-0.25, -0.2) is 9.78 Å². The Labute approximate surface area is 161 Å². The Morgan fingerprint density at radius 1 is 1.33 bits per heavy atom. The first-order valence-corrected chi connectivity index (χ1v) is 9.78. The quantitative estimate of drug-likeness (QED) is 0.463. The van der Waals surface area contributed by atoms with Crippen LogP contribution in [-0.4, -0.2) is 45.0 Å². The van der Waals surface area contributed by atoms with Crippen LogP contribution in [0.5, 0.6) is 0 Å². The molecule has 0 unspecified atom stereocenters. The van der Waals surface area contributed by atoms with Crippen LogP contribution in [0.15, 0.2) is 34.2 Å². The summed E-state index contributed by atoms with van der Waals surface area (Å²) < 4.78 is 1.45. The topological polar surface area (TPSA) is 113 Å². The van der Waals surface area contributed by atoms with Gasteiger partial charge in [-0.2, -0.15) is 0 Å². The number of nitrogens with zero attached hydrogens (tertiary/aromatic N) is 2. The van der Waals surface area contributed by atoms with Crippen LogP contribution in [0.1, 0.15) is 26.7 Å². The molecule has 0 aliphatic carbocycles. The Bertz CT molecular complexity index is 868. The molecule has 3 amide bonds. The molecule has 9 heteroatoms. The number of para-hydroxylation sites is 1. The number of nitrogens with one attached hydrogen (secondary N) is 2. The summed E-state index contributed by atoms with van der Waals surface area (Å²) in [4.78, 5) is 40.9. The Hall–Kier alpha value is -2.39. The SMILES string of the molecule is CC[C@H](C)NC(=O)NC(=O)CSc1nc2ccccc2c(=O)n1CCCO. The number of fused-ring (bicyclic) bond motifs is 1. The number of hydrogen-bond acceptors (Lipinski definition) is 6. The number of benzene rings is 1. The third-order valence-electron chi connectivity index (χ3n) is 3.94. The maximum atomic E-state index is 12.7. The van der Waals surface area contributed by atoms with Crippen LogP contribution in [0, 0.1) is 0 Å². The van der Waals surface area contributed by atoms with Crippen LogP contribution >= 0.6 is 11.8 Å². The van der Waals surface area contributed by atoms with E-state index in [2.05, 4.69) is 15.6 Å². The second-order valence-electron chi connectivity index (χ2n) is 6.07. The van der Waals surface area contributed by atoms with Crippen molar-refractivity contribution in [1.29, 1.82) is 0 Å². The van der Waals surface area contributed by atoms with Gasteiger partial charge in [0.2, 0.25) is 5.91 Å². The minimum absolute atomic E-state index is 0.0312. The van der Waals surface area contributed by atoms with Gasteiger partial charge < -0.3 is 10.4 Å². The molecule has 0 saturated heterocycles. The van der Waals surface area contributed by atoms with E-state index in [1.807, 2.05) is 13.8 Å². The molecule has 0 saturated carbocycles. The van der Waals surface area contributed by atoms with Crippen LogP contribution in [0.2, 0.25) is 0 Å². The maximum Gasteiger partial charge on any atom is 0.321 e. The number of imide groups is 1. The average molecular weight is 392 g/mol. The van der Waals surface area contributed by atoms with Gasteiger partial charge in [-0.05, 0) is 31.9 Å². The van der Waals surface area contributed by atoms with Crippen molar-refractivity contribution in [3.63, 3.8) is 0 Å². The van der Waals surface area contributed by atoms with E-state index in [4.69, 9.17) is 5.11 Å². The lowest BCUT2D eigenvalue weighted by molar-refractivity contribution is -0.117. The standard InChI is InChI=1S/C18H24N4O4S/c1-3-12(2)19-17(26)21-15(24)11-27-18-20-14-8-5-4-7-13(14)16(25)22(18)9-6-10-23/h4-5,7-8,12,23H,3,6,9-11H2,1-2H3,(H2,19,21,24,26)/t12-/m0/s1. The molecule has 0 aliphatic rings. The van der Waals surface area contributed by atoms with E-state index in [9.17, 15) is 14.4 Å². The van der Waals surface area contributed by atoms with Crippen molar-refractivity contribution in [2.24, 2.45) is 0 Å². The number of aliphatic hydroxyl groups excluding tert-OH is 1. The second-order valence-corrected chi connectivity index (χ2v) is 7.01.